The summed E-state index contributed by atoms with van der Waals surface area (Å²) in [5.74, 6) is 0.111. The van der Waals surface area contributed by atoms with Crippen LogP contribution in [0.25, 0.3) is 22.2 Å². The van der Waals surface area contributed by atoms with E-state index in [1.165, 1.54) is 0 Å². The first-order valence-corrected chi connectivity index (χ1v) is 5.73. The van der Waals surface area contributed by atoms with Crippen LogP contribution in [0.15, 0.2) is 41.2 Å². The number of halogens is 1. The third kappa shape index (κ3) is 1.67. The molecule has 0 unspecified atom stereocenters. The summed E-state index contributed by atoms with van der Waals surface area (Å²) in [6.45, 7) is 0. The van der Waals surface area contributed by atoms with E-state index in [-0.39, 0.29) is 11.4 Å². The second-order valence-corrected chi connectivity index (χ2v) is 4.38. The fraction of sp³-hybridized carbons (Fsp3) is 0. The number of phenols is 1. The molecule has 4 nitrogen and oxygen atoms in total. The molecule has 0 amide bonds. The lowest BCUT2D eigenvalue weighted by atomic mass is 10.0. The van der Waals surface area contributed by atoms with Gasteiger partial charge in [0.2, 0.25) is 0 Å². The molecule has 0 fully saturated rings. The van der Waals surface area contributed by atoms with Gasteiger partial charge in [-0.15, -0.1) is 0 Å². The predicted molar refractivity (Wildman–Crippen MR) is 71.0 cm³/mol. The standard InChI is InChI=1S/C13H9ClN2O2/c14-8-2-1-3-11(17)12(8)7-4-5-9-10(6-7)16-13(18)15-9/h1-6,17H,(H2,15,16,18). The first kappa shape index (κ1) is 10.9. The minimum Gasteiger partial charge on any atom is -0.507 e. The van der Waals surface area contributed by atoms with Gasteiger partial charge in [0, 0.05) is 5.56 Å². The van der Waals surface area contributed by atoms with E-state index in [1.807, 2.05) is 0 Å². The van der Waals surface area contributed by atoms with Gasteiger partial charge >= 0.3 is 5.69 Å². The second kappa shape index (κ2) is 3.92. The number of aromatic hydroxyl groups is 1. The highest BCUT2D eigenvalue weighted by Gasteiger charge is 2.10. The summed E-state index contributed by atoms with van der Waals surface area (Å²) < 4.78 is 0. The van der Waals surface area contributed by atoms with Gasteiger partial charge in [-0.1, -0.05) is 23.7 Å². The Morgan fingerprint density at radius 2 is 1.83 bits per heavy atom. The van der Waals surface area contributed by atoms with Crippen LogP contribution >= 0.6 is 11.6 Å². The Morgan fingerprint density at radius 1 is 1.06 bits per heavy atom. The van der Waals surface area contributed by atoms with Crippen LogP contribution in [-0.2, 0) is 0 Å². The van der Waals surface area contributed by atoms with Crippen LogP contribution in [-0.4, -0.2) is 15.1 Å². The number of phenolic OH excluding ortho intramolecular Hbond substituents is 1. The third-order valence-electron chi connectivity index (χ3n) is 2.80. The number of H-pyrrole nitrogens is 2. The summed E-state index contributed by atoms with van der Waals surface area (Å²) in [5, 5.41) is 10.3. The molecule has 18 heavy (non-hydrogen) atoms. The fourth-order valence-electron chi connectivity index (χ4n) is 1.99. The number of hydrogen-bond acceptors (Lipinski definition) is 2. The molecule has 0 spiro atoms. The molecule has 1 aromatic heterocycles. The number of nitrogens with one attached hydrogen (secondary N) is 2. The molecule has 0 saturated heterocycles. The normalized spacial score (nSPS) is 10.9. The molecule has 5 heteroatoms. The van der Waals surface area contributed by atoms with Crippen molar-refractivity contribution in [3.8, 4) is 16.9 Å². The van der Waals surface area contributed by atoms with Crippen molar-refractivity contribution in [3.63, 3.8) is 0 Å². The number of fused-ring (bicyclic) bond motifs is 1. The molecule has 0 aliphatic heterocycles. The molecule has 0 aliphatic carbocycles. The third-order valence-corrected chi connectivity index (χ3v) is 3.11. The van der Waals surface area contributed by atoms with E-state index in [1.54, 1.807) is 36.4 Å². The van der Waals surface area contributed by atoms with E-state index in [0.717, 1.165) is 11.1 Å². The Bertz CT molecular complexity index is 769. The molecule has 3 N–H and O–H groups in total. The minimum absolute atomic E-state index is 0.111. The van der Waals surface area contributed by atoms with Crippen LogP contribution in [0.1, 0.15) is 0 Å². The Balaban J connectivity index is 2.28. The van der Waals surface area contributed by atoms with Crippen LogP contribution in [0.3, 0.4) is 0 Å². The minimum atomic E-state index is -0.259. The van der Waals surface area contributed by atoms with Crippen molar-refractivity contribution < 1.29 is 5.11 Å². The number of imidazole rings is 1. The van der Waals surface area contributed by atoms with Crippen molar-refractivity contribution in [2.24, 2.45) is 0 Å². The van der Waals surface area contributed by atoms with Gasteiger partial charge in [0.15, 0.2) is 0 Å². The van der Waals surface area contributed by atoms with Gasteiger partial charge in [-0.2, -0.15) is 0 Å². The molecule has 0 bridgehead atoms. The lowest BCUT2D eigenvalue weighted by Gasteiger charge is -2.06. The molecule has 0 atom stereocenters. The Morgan fingerprint density at radius 3 is 2.61 bits per heavy atom. The highest BCUT2D eigenvalue weighted by atomic mass is 35.5. The summed E-state index contributed by atoms with van der Waals surface area (Å²) in [7, 11) is 0. The van der Waals surface area contributed by atoms with Gasteiger partial charge in [-0.25, -0.2) is 4.79 Å². The SMILES string of the molecule is O=c1[nH]c2ccc(-c3c(O)cccc3Cl)cc2[nH]1. The first-order chi connectivity index (χ1) is 8.65. The molecule has 0 saturated carbocycles. The van der Waals surface area contributed by atoms with E-state index in [4.69, 9.17) is 11.6 Å². The summed E-state index contributed by atoms with van der Waals surface area (Å²) in [5.41, 5.74) is 2.45. The summed E-state index contributed by atoms with van der Waals surface area (Å²) in [6, 6.07) is 10.3. The lowest BCUT2D eigenvalue weighted by molar-refractivity contribution is 0.477. The Kier molecular flexibility index (Phi) is 2.38. The van der Waals surface area contributed by atoms with Gasteiger partial charge in [0.1, 0.15) is 5.75 Å². The summed E-state index contributed by atoms with van der Waals surface area (Å²) in [6.07, 6.45) is 0. The molecule has 90 valence electrons. The van der Waals surface area contributed by atoms with E-state index in [0.29, 0.717) is 16.1 Å². The molecule has 3 rings (SSSR count). The maximum atomic E-state index is 11.2. The number of aromatic nitrogens is 2. The van der Waals surface area contributed by atoms with E-state index in [9.17, 15) is 9.90 Å². The average molecular weight is 261 g/mol. The molecular weight excluding hydrogens is 252 g/mol. The monoisotopic (exact) mass is 260 g/mol. The van der Waals surface area contributed by atoms with Crippen LogP contribution < -0.4 is 5.69 Å². The molecule has 0 radical (unpaired) electrons. The summed E-state index contributed by atoms with van der Waals surface area (Å²) >= 11 is 6.08. The average Bonchev–Trinajstić information content (AvgIpc) is 2.68. The van der Waals surface area contributed by atoms with Crippen molar-refractivity contribution in [2.45, 2.75) is 0 Å². The van der Waals surface area contributed by atoms with Crippen molar-refractivity contribution in [2.75, 3.05) is 0 Å². The smallest absolute Gasteiger partial charge is 0.323 e. The summed E-state index contributed by atoms with van der Waals surface area (Å²) in [4.78, 5) is 16.5. The van der Waals surface area contributed by atoms with Crippen molar-refractivity contribution in [1.29, 1.82) is 0 Å². The topological polar surface area (TPSA) is 68.9 Å². The Labute approximate surface area is 107 Å². The Hall–Kier alpha value is -2.20. The molecule has 3 aromatic rings. The van der Waals surface area contributed by atoms with E-state index < -0.39 is 0 Å². The number of aromatic amines is 2. The highest BCUT2D eigenvalue weighted by molar-refractivity contribution is 6.33. The zero-order valence-corrected chi connectivity index (χ0v) is 9.95. The molecule has 0 aliphatic rings. The maximum Gasteiger partial charge on any atom is 0.323 e. The van der Waals surface area contributed by atoms with Gasteiger partial charge in [-0.3, -0.25) is 0 Å². The van der Waals surface area contributed by atoms with E-state index >= 15 is 0 Å². The van der Waals surface area contributed by atoms with Crippen LogP contribution in [0.4, 0.5) is 0 Å². The molecule has 1 heterocycles. The molecule has 2 aromatic carbocycles. The van der Waals surface area contributed by atoms with Crippen LogP contribution in [0, 0.1) is 0 Å². The van der Waals surface area contributed by atoms with Crippen LogP contribution in [0.2, 0.25) is 5.02 Å². The second-order valence-electron chi connectivity index (χ2n) is 3.97. The van der Waals surface area contributed by atoms with Crippen molar-refractivity contribution in [3.05, 3.63) is 51.9 Å². The molecular formula is C13H9ClN2O2. The van der Waals surface area contributed by atoms with Gasteiger partial charge in [-0.05, 0) is 29.8 Å². The van der Waals surface area contributed by atoms with Crippen LogP contribution in [0.5, 0.6) is 5.75 Å². The van der Waals surface area contributed by atoms with Crippen molar-refractivity contribution >= 4 is 22.6 Å². The predicted octanol–water partition coefficient (Wildman–Crippen LogP) is 2.88. The number of rotatable bonds is 1. The first-order valence-electron chi connectivity index (χ1n) is 5.35. The fourth-order valence-corrected chi connectivity index (χ4v) is 2.27. The maximum absolute atomic E-state index is 11.2. The lowest BCUT2D eigenvalue weighted by Crippen LogP contribution is -1.99. The highest BCUT2D eigenvalue weighted by Crippen LogP contribution is 2.36. The number of benzene rings is 2. The number of hydrogen-bond donors (Lipinski definition) is 3. The quantitative estimate of drug-likeness (QED) is 0.630. The van der Waals surface area contributed by atoms with Gasteiger partial charge < -0.3 is 15.1 Å². The van der Waals surface area contributed by atoms with E-state index in [2.05, 4.69) is 9.97 Å². The van der Waals surface area contributed by atoms with Crippen molar-refractivity contribution in [1.82, 2.24) is 9.97 Å². The zero-order valence-electron chi connectivity index (χ0n) is 9.20. The largest absolute Gasteiger partial charge is 0.507 e. The zero-order chi connectivity index (χ0) is 12.7. The van der Waals surface area contributed by atoms with Gasteiger partial charge in [0.05, 0.1) is 16.1 Å². The van der Waals surface area contributed by atoms with Gasteiger partial charge in [0.25, 0.3) is 0 Å².